The SMILES string of the molecule is [SH-].[SH-].[SH-].[SH-].[SH-].[SH-].[W+6]. The van der Waals surface area contributed by atoms with Crippen molar-refractivity contribution in [3.8, 4) is 0 Å². The summed E-state index contributed by atoms with van der Waals surface area (Å²) in [6.45, 7) is 0. The fourth-order valence-electron chi connectivity index (χ4n) is 0. The number of hydrogen-bond donors (Lipinski definition) is 0. The Kier molecular flexibility index (Phi) is 952. The summed E-state index contributed by atoms with van der Waals surface area (Å²) in [6, 6.07) is 0. The molecule has 0 aliphatic carbocycles. The van der Waals surface area contributed by atoms with Crippen LogP contribution in [0.15, 0.2) is 0 Å². The standard InChI is InChI=1S/6H2S.W/h6*1H2;/q;;;;;;+6/p-6. The number of thiol groups is 6. The van der Waals surface area contributed by atoms with Crippen molar-refractivity contribution in [1.82, 2.24) is 0 Å². The summed E-state index contributed by atoms with van der Waals surface area (Å²) in [4.78, 5) is 0. The summed E-state index contributed by atoms with van der Waals surface area (Å²) in [7, 11) is 0. The third kappa shape index (κ3) is 52.1. The van der Waals surface area contributed by atoms with E-state index in [4.69, 9.17) is 0 Å². The van der Waals surface area contributed by atoms with E-state index in [0.29, 0.717) is 0 Å². The van der Waals surface area contributed by atoms with Crippen LogP contribution in [0.2, 0.25) is 0 Å². The van der Waals surface area contributed by atoms with Gasteiger partial charge < -0.3 is 81.0 Å². The molecule has 0 aliphatic rings. The van der Waals surface area contributed by atoms with E-state index >= 15 is 0 Å². The van der Waals surface area contributed by atoms with E-state index in [0.717, 1.165) is 0 Å². The average Bonchev–Trinajstić information content (AvgIpc) is 0. The molecule has 0 saturated carbocycles. The first-order valence-corrected chi connectivity index (χ1v) is 0. The van der Waals surface area contributed by atoms with Crippen molar-refractivity contribution in [3.05, 3.63) is 0 Å². The van der Waals surface area contributed by atoms with Gasteiger partial charge in [-0.1, -0.05) is 0 Å². The molecular weight excluding hydrogens is 376 g/mol. The van der Waals surface area contributed by atoms with Crippen molar-refractivity contribution in [3.63, 3.8) is 0 Å². The van der Waals surface area contributed by atoms with Crippen LogP contribution in [0.25, 0.3) is 0 Å². The number of rotatable bonds is 0. The molecule has 0 unspecified atom stereocenters. The van der Waals surface area contributed by atoms with E-state index in [1.165, 1.54) is 0 Å². The van der Waals surface area contributed by atoms with Gasteiger partial charge in [0.25, 0.3) is 0 Å². The molecule has 7 heavy (non-hydrogen) atoms. The first-order valence-electron chi connectivity index (χ1n) is 0. The topological polar surface area (TPSA) is 0 Å². The Morgan fingerprint density at radius 1 is 0.286 bits per heavy atom. The molecule has 0 rings (SSSR count). The molecule has 7 heteroatoms. The largest absolute Gasteiger partial charge is 6.00 e. The molecule has 0 aromatic carbocycles. The second-order valence-electron chi connectivity index (χ2n) is 0. The first-order chi connectivity index (χ1) is 0. The van der Waals surface area contributed by atoms with E-state index in [9.17, 15) is 0 Å². The molecule has 0 fully saturated rings. The maximum absolute atomic E-state index is 0. The molecule has 0 atom stereocenters. The molecule has 0 N–H and O–H groups in total. The molecule has 48 valence electrons. The van der Waals surface area contributed by atoms with Crippen molar-refractivity contribution < 1.29 is 21.1 Å². The van der Waals surface area contributed by atoms with Crippen molar-refractivity contribution in [1.29, 1.82) is 0 Å². The minimum Gasteiger partial charge on any atom is -0.813 e. The van der Waals surface area contributed by atoms with Gasteiger partial charge in [0.2, 0.25) is 0 Å². The fraction of sp³-hybridized carbons (Fsp3) is 0. The first kappa shape index (κ1) is 97.2. The second kappa shape index (κ2) is 68.6. The van der Waals surface area contributed by atoms with Crippen LogP contribution < -0.4 is 0 Å². The Morgan fingerprint density at radius 3 is 0.286 bits per heavy atom. The Hall–Kier alpha value is 2.79. The Balaban J connectivity index is 0. The average molecular weight is 382 g/mol. The Labute approximate surface area is 101 Å². The molecule has 0 nitrogen and oxygen atoms in total. The summed E-state index contributed by atoms with van der Waals surface area (Å²) < 4.78 is 0. The van der Waals surface area contributed by atoms with Gasteiger partial charge in [-0.05, 0) is 0 Å². The van der Waals surface area contributed by atoms with Crippen molar-refractivity contribution in [2.45, 2.75) is 0 Å². The van der Waals surface area contributed by atoms with Gasteiger partial charge in [-0.3, -0.25) is 0 Å². The second-order valence-corrected chi connectivity index (χ2v) is 0. The summed E-state index contributed by atoms with van der Waals surface area (Å²) in [5.74, 6) is 0. The van der Waals surface area contributed by atoms with E-state index in [2.05, 4.69) is 0 Å². The van der Waals surface area contributed by atoms with Gasteiger partial charge in [0.15, 0.2) is 0 Å². The zero-order valence-corrected chi connectivity index (χ0v) is 11.4. The smallest absolute Gasteiger partial charge is 0.813 e. The zero-order valence-electron chi connectivity index (χ0n) is 3.09. The Bertz CT molecular complexity index is 4.14. The van der Waals surface area contributed by atoms with Gasteiger partial charge in [-0.25, -0.2) is 0 Å². The van der Waals surface area contributed by atoms with Gasteiger partial charge in [-0.15, -0.1) is 0 Å². The van der Waals surface area contributed by atoms with Crippen LogP contribution in [-0.2, 0) is 102 Å². The van der Waals surface area contributed by atoms with Crippen molar-refractivity contribution in [2.75, 3.05) is 0 Å². The minimum atomic E-state index is 0. The third-order valence-corrected chi connectivity index (χ3v) is 0. The predicted molar refractivity (Wildman–Crippen MR) is 52.6 cm³/mol. The van der Waals surface area contributed by atoms with E-state index < -0.39 is 0 Å². The van der Waals surface area contributed by atoms with Gasteiger partial charge in [0, 0.05) is 0 Å². The molecule has 0 aromatic rings. The summed E-state index contributed by atoms with van der Waals surface area (Å²) >= 11 is 0. The third-order valence-electron chi connectivity index (χ3n) is 0. The van der Waals surface area contributed by atoms with Crippen molar-refractivity contribution >= 4 is 81.0 Å². The van der Waals surface area contributed by atoms with Crippen LogP contribution in [0.3, 0.4) is 0 Å². The van der Waals surface area contributed by atoms with Crippen LogP contribution in [0.1, 0.15) is 0 Å². The molecule has 0 heterocycles. The maximum Gasteiger partial charge on any atom is 6.00 e. The molecule has 0 aromatic heterocycles. The van der Waals surface area contributed by atoms with Crippen molar-refractivity contribution in [2.24, 2.45) is 0 Å². The quantitative estimate of drug-likeness (QED) is 0.362. The Morgan fingerprint density at radius 2 is 0.286 bits per heavy atom. The molecule has 0 aliphatic heterocycles. The van der Waals surface area contributed by atoms with Crippen LogP contribution in [-0.4, -0.2) is 0 Å². The van der Waals surface area contributed by atoms with E-state index in [1.807, 2.05) is 0 Å². The molecule has 0 radical (unpaired) electrons. The molecule has 0 bridgehead atoms. The molecule has 0 amide bonds. The van der Waals surface area contributed by atoms with Crippen LogP contribution >= 0.6 is 0 Å². The molecule has 0 saturated heterocycles. The summed E-state index contributed by atoms with van der Waals surface area (Å²) in [6.07, 6.45) is 0. The predicted octanol–water partition coefficient (Wildman–Crippen LogP) is -1.62. The summed E-state index contributed by atoms with van der Waals surface area (Å²) in [5, 5.41) is 0. The maximum atomic E-state index is 0. The zero-order chi connectivity index (χ0) is 0. The normalized spacial score (nSPS) is 0. The molecular formula is H6S6W. The van der Waals surface area contributed by atoms with Gasteiger partial charge in [-0.2, -0.15) is 0 Å². The molecule has 0 spiro atoms. The van der Waals surface area contributed by atoms with Crippen LogP contribution in [0.4, 0.5) is 0 Å². The van der Waals surface area contributed by atoms with E-state index in [-0.39, 0.29) is 102 Å². The minimum absolute atomic E-state index is 0. The van der Waals surface area contributed by atoms with Gasteiger partial charge in [0.1, 0.15) is 0 Å². The van der Waals surface area contributed by atoms with Gasteiger partial charge >= 0.3 is 21.1 Å². The monoisotopic (exact) mass is 382 g/mol. The van der Waals surface area contributed by atoms with E-state index in [1.54, 1.807) is 0 Å². The fourth-order valence-corrected chi connectivity index (χ4v) is 0. The summed E-state index contributed by atoms with van der Waals surface area (Å²) in [5.41, 5.74) is 0. The number of hydrogen-bond acceptors (Lipinski definition) is 6. The van der Waals surface area contributed by atoms with Crippen LogP contribution in [0.5, 0.6) is 0 Å². The van der Waals surface area contributed by atoms with Crippen LogP contribution in [0, 0.1) is 0 Å². The van der Waals surface area contributed by atoms with Gasteiger partial charge in [0.05, 0.1) is 0 Å².